The van der Waals surface area contributed by atoms with Crippen molar-refractivity contribution >= 4 is 0 Å². The van der Waals surface area contributed by atoms with E-state index in [4.69, 9.17) is 0 Å². The average Bonchev–Trinajstić information content (AvgIpc) is 2.51. The third-order valence-electron chi connectivity index (χ3n) is 7.38. The summed E-state index contributed by atoms with van der Waals surface area (Å²) in [5.41, 5.74) is 0. The number of allylic oxidation sites excluding steroid dienone is 1. The maximum Gasteiger partial charge on any atom is -0.0136 e. The predicted octanol–water partition coefficient (Wildman–Crippen LogP) is 7.55. The number of hydrogen-bond acceptors (Lipinski definition) is 0. The zero-order valence-corrected chi connectivity index (χ0v) is 17.4. The van der Waals surface area contributed by atoms with Crippen LogP contribution in [0.4, 0.5) is 0 Å². The van der Waals surface area contributed by atoms with Crippen molar-refractivity contribution < 1.29 is 0 Å². The third kappa shape index (κ3) is 4.67. The summed E-state index contributed by atoms with van der Waals surface area (Å²) in [6.45, 7) is 19.0. The van der Waals surface area contributed by atoms with Crippen LogP contribution in [-0.4, -0.2) is 0 Å². The van der Waals surface area contributed by atoms with Crippen molar-refractivity contribution in [2.75, 3.05) is 0 Å². The summed E-state index contributed by atoms with van der Waals surface area (Å²) in [6, 6.07) is 0. The summed E-state index contributed by atoms with van der Waals surface area (Å²) in [6.07, 6.45) is 12.0. The van der Waals surface area contributed by atoms with E-state index in [9.17, 15) is 0 Å². The first-order chi connectivity index (χ1) is 11.3. The van der Waals surface area contributed by atoms with E-state index < -0.39 is 0 Å². The van der Waals surface area contributed by atoms with E-state index in [0.29, 0.717) is 0 Å². The second-order valence-electron chi connectivity index (χ2n) is 9.93. The molecule has 0 N–H and O–H groups in total. The van der Waals surface area contributed by atoms with Crippen LogP contribution in [0.1, 0.15) is 86.5 Å². The van der Waals surface area contributed by atoms with E-state index >= 15 is 0 Å². The quantitative estimate of drug-likeness (QED) is 0.441. The van der Waals surface area contributed by atoms with Crippen molar-refractivity contribution in [3.05, 3.63) is 18.6 Å². The van der Waals surface area contributed by atoms with Gasteiger partial charge in [-0.1, -0.05) is 60.5 Å². The summed E-state index contributed by atoms with van der Waals surface area (Å²) in [5, 5.41) is 0. The molecule has 0 bridgehead atoms. The highest BCUT2D eigenvalue weighted by molar-refractivity contribution is 5.11. The lowest BCUT2D eigenvalue weighted by Crippen LogP contribution is -2.40. The van der Waals surface area contributed by atoms with Gasteiger partial charge in [0.1, 0.15) is 0 Å². The van der Waals surface area contributed by atoms with Gasteiger partial charge in [-0.15, -0.1) is 6.58 Å². The minimum absolute atomic E-state index is 0.820. The molecule has 0 aromatic carbocycles. The van der Waals surface area contributed by atoms with Gasteiger partial charge in [0.15, 0.2) is 0 Å². The first kappa shape index (κ1) is 20.1. The average molecular weight is 332 g/mol. The molecule has 139 valence electrons. The normalized spacial score (nSPS) is 38.0. The van der Waals surface area contributed by atoms with Gasteiger partial charge >= 0.3 is 0 Å². The Hall–Kier alpha value is -0.260. The smallest absolute Gasteiger partial charge is 0.0136 e. The Morgan fingerprint density at radius 2 is 1.25 bits per heavy atom. The largest absolute Gasteiger partial charge is 0.103 e. The lowest BCUT2D eigenvalue weighted by atomic mass is 9.56. The van der Waals surface area contributed by atoms with Crippen LogP contribution < -0.4 is 0 Å². The van der Waals surface area contributed by atoms with E-state index in [2.05, 4.69) is 54.2 Å². The summed E-state index contributed by atoms with van der Waals surface area (Å²) in [7, 11) is 0. The monoisotopic (exact) mass is 331 g/mol. The van der Waals surface area contributed by atoms with Gasteiger partial charge in [0, 0.05) is 0 Å². The molecule has 1 radical (unpaired) electrons. The molecule has 0 spiro atoms. The maximum atomic E-state index is 4.15. The van der Waals surface area contributed by atoms with Crippen molar-refractivity contribution in [3.63, 3.8) is 0 Å². The fourth-order valence-corrected chi connectivity index (χ4v) is 6.00. The lowest BCUT2D eigenvalue weighted by molar-refractivity contribution is 0.0868. The summed E-state index contributed by atoms with van der Waals surface area (Å²) >= 11 is 0. The summed E-state index contributed by atoms with van der Waals surface area (Å²) in [5.74, 6) is 8.86. The van der Waals surface area contributed by atoms with Gasteiger partial charge in [-0.2, -0.15) is 0 Å². The molecule has 0 heteroatoms. The van der Waals surface area contributed by atoms with Gasteiger partial charge < -0.3 is 0 Å². The van der Waals surface area contributed by atoms with Gasteiger partial charge in [-0.25, -0.2) is 0 Å². The molecule has 2 rings (SSSR count). The van der Waals surface area contributed by atoms with Crippen LogP contribution in [0.3, 0.4) is 0 Å². The van der Waals surface area contributed by atoms with Crippen LogP contribution in [0.15, 0.2) is 12.7 Å². The van der Waals surface area contributed by atoms with Crippen molar-refractivity contribution in [2.24, 2.45) is 47.3 Å². The predicted molar refractivity (Wildman–Crippen MR) is 108 cm³/mol. The van der Waals surface area contributed by atoms with Crippen molar-refractivity contribution in [1.29, 1.82) is 0 Å². The highest BCUT2D eigenvalue weighted by Crippen LogP contribution is 2.52. The fourth-order valence-electron chi connectivity index (χ4n) is 6.00. The molecule has 2 aliphatic rings. The van der Waals surface area contributed by atoms with E-state index in [1.165, 1.54) is 44.9 Å². The number of hydrogen-bond donors (Lipinski definition) is 0. The lowest BCUT2D eigenvalue weighted by Gasteiger charge is -2.49. The molecule has 2 fully saturated rings. The molecule has 0 aromatic heterocycles. The van der Waals surface area contributed by atoms with Crippen molar-refractivity contribution in [3.8, 4) is 0 Å². The molecule has 0 saturated heterocycles. The van der Waals surface area contributed by atoms with E-state index in [1.54, 1.807) is 0 Å². The Morgan fingerprint density at radius 1 is 0.833 bits per heavy atom. The van der Waals surface area contributed by atoms with Gasteiger partial charge in [0.05, 0.1) is 0 Å². The van der Waals surface area contributed by atoms with Crippen molar-refractivity contribution in [2.45, 2.75) is 86.5 Å². The van der Waals surface area contributed by atoms with Gasteiger partial charge in [-0.05, 0) is 85.4 Å². The molecule has 0 aliphatic heterocycles. The van der Waals surface area contributed by atoms with E-state index in [0.717, 1.165) is 47.3 Å². The van der Waals surface area contributed by atoms with E-state index in [-0.39, 0.29) is 0 Å². The highest BCUT2D eigenvalue weighted by atomic mass is 14.5. The van der Waals surface area contributed by atoms with Crippen LogP contribution >= 0.6 is 0 Å². The number of rotatable bonds is 6. The zero-order valence-electron chi connectivity index (χ0n) is 17.4. The maximum absolute atomic E-state index is 4.15. The van der Waals surface area contributed by atoms with Gasteiger partial charge in [-0.3, -0.25) is 0 Å². The Balaban J connectivity index is 2.28. The van der Waals surface area contributed by atoms with Crippen LogP contribution in [0.5, 0.6) is 0 Å². The Kier molecular flexibility index (Phi) is 7.44. The topological polar surface area (TPSA) is 0 Å². The molecule has 2 saturated carbocycles. The molecule has 6 atom stereocenters. The summed E-state index contributed by atoms with van der Waals surface area (Å²) < 4.78 is 0. The molecular weight excluding hydrogens is 288 g/mol. The molecule has 0 heterocycles. The fraction of sp³-hybridized carbons (Fsp3) is 0.875. The van der Waals surface area contributed by atoms with Gasteiger partial charge in [0.2, 0.25) is 0 Å². The summed E-state index contributed by atoms with van der Waals surface area (Å²) in [4.78, 5) is 0. The first-order valence-electron chi connectivity index (χ1n) is 10.8. The standard InChI is InChI=1S/C24H43/c1-8-9-22(23-14-18(6)10-12-20(23)16(2)3)24-15-19(7)11-13-21(24)17(4)5/h8,16-21,23-24H,1,9-15H2,2-7H3. The zero-order chi connectivity index (χ0) is 17.9. The van der Waals surface area contributed by atoms with Crippen LogP contribution in [0, 0.1) is 53.3 Å². The Morgan fingerprint density at radius 3 is 1.58 bits per heavy atom. The minimum Gasteiger partial charge on any atom is -0.103 e. The second kappa shape index (κ2) is 8.91. The molecule has 6 unspecified atom stereocenters. The molecule has 0 nitrogen and oxygen atoms in total. The Labute approximate surface area is 152 Å². The molecule has 24 heavy (non-hydrogen) atoms. The third-order valence-corrected chi connectivity index (χ3v) is 7.38. The van der Waals surface area contributed by atoms with Crippen LogP contribution in [0.2, 0.25) is 0 Å². The molecule has 0 aromatic rings. The SMILES string of the molecule is C=CC[C](C1CC(C)CCC1C(C)C)C1CC(C)CCC1C(C)C. The molecule has 2 aliphatic carbocycles. The van der Waals surface area contributed by atoms with E-state index in [1.807, 2.05) is 5.92 Å². The first-order valence-corrected chi connectivity index (χ1v) is 10.8. The second-order valence-corrected chi connectivity index (χ2v) is 9.93. The van der Waals surface area contributed by atoms with Crippen molar-refractivity contribution in [1.82, 2.24) is 0 Å². The Bertz CT molecular complexity index is 347. The minimum atomic E-state index is 0.820. The van der Waals surface area contributed by atoms with Crippen LogP contribution in [-0.2, 0) is 0 Å². The molecule has 0 amide bonds. The molecular formula is C24H43. The van der Waals surface area contributed by atoms with Crippen LogP contribution in [0.25, 0.3) is 0 Å². The highest BCUT2D eigenvalue weighted by Gasteiger charge is 2.43. The van der Waals surface area contributed by atoms with Gasteiger partial charge in [0.25, 0.3) is 0 Å².